The van der Waals surface area contributed by atoms with Gasteiger partial charge in [0.2, 0.25) is 0 Å². The van der Waals surface area contributed by atoms with Crippen LogP contribution >= 0.6 is 0 Å². The molecule has 1 rings (SSSR count). The number of hydrogen-bond acceptors (Lipinski definition) is 2. The van der Waals surface area contributed by atoms with E-state index >= 15 is 0 Å². The SMILES string of the molecule is CC(C)C(C)CCCCCCn1cc(C(C)(C)C)nn1. The van der Waals surface area contributed by atoms with E-state index in [4.69, 9.17) is 0 Å². The fourth-order valence-corrected chi connectivity index (χ4v) is 2.18. The Labute approximate surface area is 125 Å². The molecule has 0 radical (unpaired) electrons. The fourth-order valence-electron chi connectivity index (χ4n) is 2.18. The summed E-state index contributed by atoms with van der Waals surface area (Å²) in [5, 5.41) is 8.48. The molecule has 116 valence electrons. The minimum Gasteiger partial charge on any atom is -0.252 e. The molecule has 1 aromatic heterocycles. The Balaban J connectivity index is 2.14. The van der Waals surface area contributed by atoms with Gasteiger partial charge in [-0.05, 0) is 18.3 Å². The highest BCUT2D eigenvalue weighted by Crippen LogP contribution is 2.19. The maximum Gasteiger partial charge on any atom is 0.0880 e. The summed E-state index contributed by atoms with van der Waals surface area (Å²) in [6.45, 7) is 14.5. The van der Waals surface area contributed by atoms with E-state index in [0.717, 1.165) is 24.1 Å². The van der Waals surface area contributed by atoms with Crippen LogP contribution in [0, 0.1) is 11.8 Å². The molecule has 20 heavy (non-hydrogen) atoms. The Morgan fingerprint density at radius 1 is 1.05 bits per heavy atom. The highest BCUT2D eigenvalue weighted by Gasteiger charge is 2.17. The topological polar surface area (TPSA) is 30.7 Å². The molecule has 1 heterocycles. The molecule has 0 aromatic carbocycles. The molecule has 0 amide bonds. The summed E-state index contributed by atoms with van der Waals surface area (Å²) in [5.41, 5.74) is 1.19. The van der Waals surface area contributed by atoms with Crippen LogP contribution in [-0.4, -0.2) is 15.0 Å². The predicted molar refractivity (Wildman–Crippen MR) is 85.8 cm³/mol. The van der Waals surface area contributed by atoms with Crippen molar-refractivity contribution >= 4 is 0 Å². The molecular weight excluding hydrogens is 246 g/mol. The van der Waals surface area contributed by atoms with Crippen molar-refractivity contribution in [3.63, 3.8) is 0 Å². The second-order valence-electron chi connectivity index (χ2n) is 7.54. The molecule has 3 nitrogen and oxygen atoms in total. The van der Waals surface area contributed by atoms with E-state index in [2.05, 4.69) is 58.1 Å². The predicted octanol–water partition coefficient (Wildman–Crippen LogP) is 4.82. The number of unbranched alkanes of at least 4 members (excludes halogenated alkanes) is 3. The lowest BCUT2D eigenvalue weighted by Crippen LogP contribution is -2.11. The Kier molecular flexibility index (Phi) is 6.70. The third-order valence-electron chi connectivity index (χ3n) is 4.24. The van der Waals surface area contributed by atoms with Crippen LogP contribution in [0.3, 0.4) is 0 Å². The van der Waals surface area contributed by atoms with Crippen molar-refractivity contribution < 1.29 is 0 Å². The van der Waals surface area contributed by atoms with E-state index in [1.165, 1.54) is 32.1 Å². The average Bonchev–Trinajstić information content (AvgIpc) is 2.81. The first-order chi connectivity index (χ1) is 9.30. The van der Waals surface area contributed by atoms with Gasteiger partial charge >= 0.3 is 0 Å². The standard InChI is InChI=1S/C17H33N3/c1-14(2)15(3)11-9-7-8-10-12-20-13-16(18-19-20)17(4,5)6/h13-15H,7-12H2,1-6H3. The zero-order chi connectivity index (χ0) is 15.2. The van der Waals surface area contributed by atoms with Gasteiger partial charge in [-0.15, -0.1) is 5.10 Å². The first-order valence-corrected chi connectivity index (χ1v) is 8.21. The molecule has 1 aromatic rings. The smallest absolute Gasteiger partial charge is 0.0880 e. The van der Waals surface area contributed by atoms with Gasteiger partial charge in [-0.1, -0.05) is 72.4 Å². The van der Waals surface area contributed by atoms with Crippen molar-refractivity contribution in [2.45, 2.75) is 85.6 Å². The Bertz CT molecular complexity index is 374. The van der Waals surface area contributed by atoms with Gasteiger partial charge in [0, 0.05) is 18.2 Å². The maximum absolute atomic E-state index is 4.26. The van der Waals surface area contributed by atoms with Crippen molar-refractivity contribution in [3.05, 3.63) is 11.9 Å². The van der Waals surface area contributed by atoms with Crippen molar-refractivity contribution in [2.75, 3.05) is 0 Å². The molecule has 0 aliphatic carbocycles. The van der Waals surface area contributed by atoms with Crippen molar-refractivity contribution in [2.24, 2.45) is 11.8 Å². The molecule has 0 saturated carbocycles. The number of aryl methyl sites for hydroxylation is 1. The van der Waals surface area contributed by atoms with Gasteiger partial charge in [0.05, 0.1) is 5.69 Å². The van der Waals surface area contributed by atoms with Crippen molar-refractivity contribution in [3.8, 4) is 0 Å². The fraction of sp³-hybridized carbons (Fsp3) is 0.882. The molecule has 1 atom stereocenters. The highest BCUT2D eigenvalue weighted by atomic mass is 15.4. The summed E-state index contributed by atoms with van der Waals surface area (Å²) in [7, 11) is 0. The van der Waals surface area contributed by atoms with Crippen LogP contribution in [0.15, 0.2) is 6.20 Å². The summed E-state index contributed by atoms with van der Waals surface area (Å²) < 4.78 is 2.00. The molecule has 0 saturated heterocycles. The lowest BCUT2D eigenvalue weighted by Gasteiger charge is -2.14. The van der Waals surface area contributed by atoms with E-state index in [0.29, 0.717) is 0 Å². The first kappa shape index (κ1) is 17.2. The molecule has 0 fully saturated rings. The molecular formula is C17H33N3. The Hall–Kier alpha value is -0.860. The molecule has 0 aliphatic rings. The lowest BCUT2D eigenvalue weighted by molar-refractivity contribution is 0.373. The Morgan fingerprint density at radius 3 is 2.25 bits per heavy atom. The second-order valence-corrected chi connectivity index (χ2v) is 7.54. The molecule has 0 spiro atoms. The highest BCUT2D eigenvalue weighted by molar-refractivity contribution is 5.06. The van der Waals surface area contributed by atoms with E-state index in [9.17, 15) is 0 Å². The maximum atomic E-state index is 4.26. The molecule has 0 aliphatic heterocycles. The summed E-state index contributed by atoms with van der Waals surface area (Å²) in [6, 6.07) is 0. The molecule has 3 heteroatoms. The first-order valence-electron chi connectivity index (χ1n) is 8.21. The second kappa shape index (κ2) is 7.80. The van der Waals surface area contributed by atoms with Crippen molar-refractivity contribution in [1.29, 1.82) is 0 Å². The zero-order valence-electron chi connectivity index (χ0n) is 14.3. The molecule has 0 bridgehead atoms. The lowest BCUT2D eigenvalue weighted by atomic mass is 9.92. The van der Waals surface area contributed by atoms with Crippen LogP contribution in [0.4, 0.5) is 0 Å². The summed E-state index contributed by atoms with van der Waals surface area (Å²) in [6.07, 6.45) is 8.69. The number of aromatic nitrogens is 3. The van der Waals surface area contributed by atoms with Crippen LogP contribution in [0.25, 0.3) is 0 Å². The third kappa shape index (κ3) is 6.06. The minimum absolute atomic E-state index is 0.102. The summed E-state index contributed by atoms with van der Waals surface area (Å²) in [4.78, 5) is 0. The number of hydrogen-bond donors (Lipinski definition) is 0. The minimum atomic E-state index is 0.102. The average molecular weight is 279 g/mol. The number of rotatable bonds is 8. The van der Waals surface area contributed by atoms with E-state index < -0.39 is 0 Å². The van der Waals surface area contributed by atoms with Gasteiger partial charge in [0.15, 0.2) is 0 Å². The quantitative estimate of drug-likeness (QED) is 0.639. The monoisotopic (exact) mass is 279 g/mol. The van der Waals surface area contributed by atoms with Crippen LogP contribution in [0.5, 0.6) is 0 Å². The largest absolute Gasteiger partial charge is 0.252 e. The normalized spacial score (nSPS) is 13.9. The Morgan fingerprint density at radius 2 is 1.70 bits per heavy atom. The zero-order valence-corrected chi connectivity index (χ0v) is 14.3. The van der Waals surface area contributed by atoms with Gasteiger partial charge in [0.25, 0.3) is 0 Å². The van der Waals surface area contributed by atoms with Gasteiger partial charge in [0.1, 0.15) is 0 Å². The van der Waals surface area contributed by atoms with Gasteiger partial charge in [-0.25, -0.2) is 0 Å². The molecule has 1 unspecified atom stereocenters. The third-order valence-corrected chi connectivity index (χ3v) is 4.24. The van der Waals surface area contributed by atoms with Crippen LogP contribution in [0.2, 0.25) is 0 Å². The number of nitrogens with zero attached hydrogens (tertiary/aromatic N) is 3. The van der Waals surface area contributed by atoms with E-state index in [1.807, 2.05) is 4.68 Å². The van der Waals surface area contributed by atoms with E-state index in [1.54, 1.807) is 0 Å². The van der Waals surface area contributed by atoms with Gasteiger partial charge < -0.3 is 0 Å². The van der Waals surface area contributed by atoms with Crippen LogP contribution in [-0.2, 0) is 12.0 Å². The van der Waals surface area contributed by atoms with Crippen LogP contribution < -0.4 is 0 Å². The van der Waals surface area contributed by atoms with Crippen LogP contribution in [0.1, 0.15) is 79.3 Å². The van der Waals surface area contributed by atoms with E-state index in [-0.39, 0.29) is 5.41 Å². The van der Waals surface area contributed by atoms with Gasteiger partial charge in [-0.3, -0.25) is 4.68 Å². The van der Waals surface area contributed by atoms with Crippen molar-refractivity contribution in [1.82, 2.24) is 15.0 Å². The summed E-state index contributed by atoms with van der Waals surface area (Å²) in [5.74, 6) is 1.68. The molecule has 0 N–H and O–H groups in total. The van der Waals surface area contributed by atoms with Gasteiger partial charge in [-0.2, -0.15) is 0 Å². The summed E-state index contributed by atoms with van der Waals surface area (Å²) >= 11 is 0.